The fourth-order valence-corrected chi connectivity index (χ4v) is 1.68. The third kappa shape index (κ3) is 3.45. The Morgan fingerprint density at radius 2 is 2.05 bits per heavy atom. The van der Waals surface area contributed by atoms with E-state index in [0.29, 0.717) is 16.4 Å². The number of amides is 1. The molecule has 0 bridgehead atoms. The van der Waals surface area contributed by atoms with Crippen LogP contribution < -0.4 is 10.2 Å². The standard InChI is InChI=1S/C14H14ClN3O/c1-18(2)12-5-3-4-10(8-12)14(19)17-13-7-6-11(15)9-16-13/h3-9H,1-2H3,(H,16,17,19). The molecule has 1 N–H and O–H groups in total. The van der Waals surface area contributed by atoms with Crippen LogP contribution in [0.5, 0.6) is 0 Å². The molecule has 0 saturated heterocycles. The maximum absolute atomic E-state index is 12.1. The fourth-order valence-electron chi connectivity index (χ4n) is 1.56. The van der Waals surface area contributed by atoms with Crippen molar-refractivity contribution in [3.8, 4) is 0 Å². The Morgan fingerprint density at radius 1 is 1.26 bits per heavy atom. The van der Waals surface area contributed by atoms with Gasteiger partial charge in [-0.2, -0.15) is 0 Å². The van der Waals surface area contributed by atoms with Gasteiger partial charge in [0.2, 0.25) is 0 Å². The Balaban J connectivity index is 2.15. The van der Waals surface area contributed by atoms with Crippen LogP contribution in [0.4, 0.5) is 11.5 Å². The number of aromatic nitrogens is 1. The lowest BCUT2D eigenvalue weighted by Crippen LogP contribution is -2.14. The molecular formula is C14H14ClN3O. The highest BCUT2D eigenvalue weighted by Gasteiger charge is 2.08. The third-order valence-corrected chi connectivity index (χ3v) is 2.82. The SMILES string of the molecule is CN(C)c1cccc(C(=O)Nc2ccc(Cl)cn2)c1. The van der Waals surface area contributed by atoms with Crippen molar-refractivity contribution in [1.29, 1.82) is 0 Å². The zero-order valence-corrected chi connectivity index (χ0v) is 11.5. The van der Waals surface area contributed by atoms with E-state index in [-0.39, 0.29) is 5.91 Å². The third-order valence-electron chi connectivity index (χ3n) is 2.59. The van der Waals surface area contributed by atoms with E-state index in [1.54, 1.807) is 18.2 Å². The minimum absolute atomic E-state index is 0.196. The van der Waals surface area contributed by atoms with Crippen molar-refractivity contribution in [2.24, 2.45) is 0 Å². The number of halogens is 1. The molecule has 0 unspecified atom stereocenters. The Labute approximate surface area is 117 Å². The van der Waals surface area contributed by atoms with Crippen LogP contribution in [0.25, 0.3) is 0 Å². The first-order chi connectivity index (χ1) is 9.06. The number of nitrogens with one attached hydrogen (secondary N) is 1. The Bertz CT molecular complexity index is 581. The molecular weight excluding hydrogens is 262 g/mol. The van der Waals surface area contributed by atoms with Gasteiger partial charge >= 0.3 is 0 Å². The molecule has 0 radical (unpaired) electrons. The molecule has 0 aliphatic rings. The number of hydrogen-bond acceptors (Lipinski definition) is 3. The number of benzene rings is 1. The number of pyridine rings is 1. The van der Waals surface area contributed by atoms with Gasteiger partial charge in [-0.3, -0.25) is 4.79 Å². The maximum atomic E-state index is 12.1. The summed E-state index contributed by atoms with van der Waals surface area (Å²) in [7, 11) is 3.86. The van der Waals surface area contributed by atoms with Gasteiger partial charge in [-0.1, -0.05) is 17.7 Å². The second kappa shape index (κ2) is 5.71. The summed E-state index contributed by atoms with van der Waals surface area (Å²) in [6, 6.07) is 10.7. The minimum atomic E-state index is -0.196. The predicted molar refractivity (Wildman–Crippen MR) is 78.0 cm³/mol. The second-order valence-corrected chi connectivity index (χ2v) is 4.70. The van der Waals surface area contributed by atoms with Gasteiger partial charge in [0, 0.05) is 31.5 Å². The molecule has 98 valence electrons. The van der Waals surface area contributed by atoms with Crippen molar-refractivity contribution in [1.82, 2.24) is 4.98 Å². The van der Waals surface area contributed by atoms with Gasteiger partial charge in [-0.25, -0.2) is 4.98 Å². The first-order valence-electron chi connectivity index (χ1n) is 5.76. The first-order valence-corrected chi connectivity index (χ1v) is 6.14. The highest BCUT2D eigenvalue weighted by Crippen LogP contribution is 2.15. The molecule has 1 heterocycles. The molecule has 5 heteroatoms. The van der Waals surface area contributed by atoms with Crippen LogP contribution in [0.1, 0.15) is 10.4 Å². The molecule has 1 amide bonds. The Morgan fingerprint density at radius 3 is 2.68 bits per heavy atom. The minimum Gasteiger partial charge on any atom is -0.378 e. The summed E-state index contributed by atoms with van der Waals surface area (Å²) in [5, 5.41) is 3.26. The van der Waals surface area contributed by atoms with Crippen LogP contribution in [0, 0.1) is 0 Å². The highest BCUT2D eigenvalue weighted by molar-refractivity contribution is 6.30. The summed E-state index contributed by atoms with van der Waals surface area (Å²) >= 11 is 5.74. The molecule has 0 aliphatic heterocycles. The number of rotatable bonds is 3. The zero-order valence-electron chi connectivity index (χ0n) is 10.7. The molecule has 0 spiro atoms. The van der Waals surface area contributed by atoms with E-state index in [1.807, 2.05) is 37.2 Å². The van der Waals surface area contributed by atoms with Crippen LogP contribution in [0.3, 0.4) is 0 Å². The zero-order chi connectivity index (χ0) is 13.8. The summed E-state index contributed by atoms with van der Waals surface area (Å²) in [6.07, 6.45) is 1.49. The van der Waals surface area contributed by atoms with Gasteiger partial charge < -0.3 is 10.2 Å². The van der Waals surface area contributed by atoms with E-state index in [1.165, 1.54) is 6.20 Å². The Hall–Kier alpha value is -2.07. The predicted octanol–water partition coefficient (Wildman–Crippen LogP) is 3.05. The number of carbonyl (C=O) groups is 1. The largest absolute Gasteiger partial charge is 0.378 e. The van der Waals surface area contributed by atoms with Gasteiger partial charge in [-0.15, -0.1) is 0 Å². The molecule has 0 atom stereocenters. The van der Waals surface area contributed by atoms with E-state index >= 15 is 0 Å². The van der Waals surface area contributed by atoms with Gasteiger partial charge in [0.05, 0.1) is 5.02 Å². The number of carbonyl (C=O) groups excluding carboxylic acids is 1. The maximum Gasteiger partial charge on any atom is 0.256 e. The van der Waals surface area contributed by atoms with Gasteiger partial charge in [0.1, 0.15) is 5.82 Å². The van der Waals surface area contributed by atoms with E-state index in [0.717, 1.165) is 5.69 Å². The van der Waals surface area contributed by atoms with Crippen LogP contribution in [-0.2, 0) is 0 Å². The number of anilines is 2. The second-order valence-electron chi connectivity index (χ2n) is 4.26. The van der Waals surface area contributed by atoms with E-state index in [9.17, 15) is 4.79 Å². The van der Waals surface area contributed by atoms with E-state index in [4.69, 9.17) is 11.6 Å². The lowest BCUT2D eigenvalue weighted by Gasteiger charge is -2.13. The molecule has 2 rings (SSSR count). The molecule has 2 aromatic rings. The summed E-state index contributed by atoms with van der Waals surface area (Å²) in [4.78, 5) is 18.0. The van der Waals surface area contributed by atoms with Crippen molar-refractivity contribution < 1.29 is 4.79 Å². The first kappa shape index (κ1) is 13.4. The molecule has 0 fully saturated rings. The molecule has 4 nitrogen and oxygen atoms in total. The fraction of sp³-hybridized carbons (Fsp3) is 0.143. The normalized spacial score (nSPS) is 10.1. The van der Waals surface area contributed by atoms with Crippen molar-refractivity contribution in [2.45, 2.75) is 0 Å². The summed E-state index contributed by atoms with van der Waals surface area (Å²) < 4.78 is 0. The lowest BCUT2D eigenvalue weighted by atomic mass is 10.2. The quantitative estimate of drug-likeness (QED) is 0.936. The smallest absolute Gasteiger partial charge is 0.256 e. The average Bonchev–Trinajstić information content (AvgIpc) is 2.41. The molecule has 0 saturated carbocycles. The van der Waals surface area contributed by atoms with Gasteiger partial charge in [0.15, 0.2) is 0 Å². The van der Waals surface area contributed by atoms with E-state index < -0.39 is 0 Å². The van der Waals surface area contributed by atoms with Gasteiger partial charge in [0.25, 0.3) is 5.91 Å². The number of nitrogens with zero attached hydrogens (tertiary/aromatic N) is 2. The summed E-state index contributed by atoms with van der Waals surface area (Å²) in [5.74, 6) is 0.281. The molecule has 0 aliphatic carbocycles. The van der Waals surface area contributed by atoms with Crippen molar-refractivity contribution >= 4 is 29.0 Å². The van der Waals surface area contributed by atoms with Crippen LogP contribution in [0.15, 0.2) is 42.6 Å². The summed E-state index contributed by atoms with van der Waals surface area (Å²) in [6.45, 7) is 0. The highest BCUT2D eigenvalue weighted by atomic mass is 35.5. The monoisotopic (exact) mass is 275 g/mol. The summed E-state index contributed by atoms with van der Waals surface area (Å²) in [5.41, 5.74) is 1.56. The van der Waals surface area contributed by atoms with Crippen LogP contribution in [-0.4, -0.2) is 25.0 Å². The molecule has 19 heavy (non-hydrogen) atoms. The molecule has 1 aromatic carbocycles. The molecule has 1 aromatic heterocycles. The lowest BCUT2D eigenvalue weighted by molar-refractivity contribution is 0.102. The van der Waals surface area contributed by atoms with Crippen LogP contribution in [0.2, 0.25) is 5.02 Å². The van der Waals surface area contributed by atoms with Gasteiger partial charge in [-0.05, 0) is 30.3 Å². The Kier molecular flexibility index (Phi) is 4.02. The van der Waals surface area contributed by atoms with Crippen molar-refractivity contribution in [3.05, 3.63) is 53.2 Å². The van der Waals surface area contributed by atoms with Crippen LogP contribution >= 0.6 is 11.6 Å². The average molecular weight is 276 g/mol. The number of hydrogen-bond donors (Lipinski definition) is 1. The van der Waals surface area contributed by atoms with E-state index in [2.05, 4.69) is 10.3 Å². The topological polar surface area (TPSA) is 45.2 Å². The van der Waals surface area contributed by atoms with Crippen molar-refractivity contribution in [3.63, 3.8) is 0 Å². The van der Waals surface area contributed by atoms with Crippen molar-refractivity contribution in [2.75, 3.05) is 24.3 Å².